The number of aromatic nitrogens is 1. The Bertz CT molecular complexity index is 1110. The van der Waals surface area contributed by atoms with E-state index in [1.807, 2.05) is 23.1 Å². The number of benzene rings is 1. The summed E-state index contributed by atoms with van der Waals surface area (Å²) >= 11 is 0. The minimum Gasteiger partial charge on any atom is -0.477 e. The molecule has 0 unspecified atom stereocenters. The molecule has 2 aliphatic carbocycles. The minimum absolute atomic E-state index is 0.0684. The van der Waals surface area contributed by atoms with Gasteiger partial charge in [-0.15, -0.1) is 0 Å². The zero-order valence-corrected chi connectivity index (χ0v) is 21.5. The molecule has 2 saturated carbocycles. The molecule has 0 bridgehead atoms. The van der Waals surface area contributed by atoms with Crippen LogP contribution in [-0.2, 0) is 16.0 Å². The van der Waals surface area contributed by atoms with Crippen LogP contribution >= 0.6 is 0 Å². The summed E-state index contributed by atoms with van der Waals surface area (Å²) in [6, 6.07) is 6.98. The van der Waals surface area contributed by atoms with Crippen molar-refractivity contribution in [3.05, 3.63) is 35.5 Å². The van der Waals surface area contributed by atoms with Crippen LogP contribution in [0.15, 0.2) is 24.3 Å². The zero-order chi connectivity index (χ0) is 25.2. The summed E-state index contributed by atoms with van der Waals surface area (Å²) in [5.41, 5.74) is 1.79. The Balaban J connectivity index is 1.36. The van der Waals surface area contributed by atoms with Crippen LogP contribution in [0.4, 0.5) is 0 Å². The summed E-state index contributed by atoms with van der Waals surface area (Å²) in [7, 11) is 0. The van der Waals surface area contributed by atoms with E-state index in [9.17, 15) is 19.5 Å². The summed E-state index contributed by atoms with van der Waals surface area (Å²) in [6.45, 7) is 2.95. The monoisotopic (exact) mass is 492 g/mol. The molecule has 0 radical (unpaired) electrons. The SMILES string of the molecule is CCC1CCC(C(=O)N2CC[C@@H](C3CCCCC3)[C@H]2C(=O)Cc2ccc3[nH]c(C(=O)O)cc3c2)CC1. The fourth-order valence-electron chi connectivity index (χ4n) is 7.30. The van der Waals surface area contributed by atoms with Crippen LogP contribution < -0.4 is 0 Å². The second kappa shape index (κ2) is 10.8. The second-order valence-electron chi connectivity index (χ2n) is 11.5. The first-order valence-electron chi connectivity index (χ1n) is 14.1. The van der Waals surface area contributed by atoms with Gasteiger partial charge in [0.1, 0.15) is 5.69 Å². The number of carboxylic acid groups (broad SMARTS) is 1. The van der Waals surface area contributed by atoms with E-state index in [1.165, 1.54) is 38.5 Å². The molecule has 2 heterocycles. The van der Waals surface area contributed by atoms with Crippen molar-refractivity contribution in [2.24, 2.45) is 23.7 Å². The quantitative estimate of drug-likeness (QED) is 0.497. The predicted octanol–water partition coefficient (Wildman–Crippen LogP) is 5.99. The molecule has 194 valence electrons. The lowest BCUT2D eigenvalue weighted by atomic mass is 9.75. The molecule has 2 atom stereocenters. The van der Waals surface area contributed by atoms with Crippen LogP contribution in [0.1, 0.15) is 93.6 Å². The number of hydrogen-bond donors (Lipinski definition) is 2. The molecule has 1 aromatic heterocycles. The van der Waals surface area contributed by atoms with Gasteiger partial charge in [0.15, 0.2) is 5.78 Å². The van der Waals surface area contributed by atoms with Crippen molar-refractivity contribution in [1.82, 2.24) is 9.88 Å². The number of Topliss-reactive ketones (excluding diaryl/α,β-unsaturated/α-hetero) is 1. The average Bonchev–Trinajstić information content (AvgIpc) is 3.54. The molecule has 6 nitrogen and oxygen atoms in total. The molecule has 5 rings (SSSR count). The van der Waals surface area contributed by atoms with Crippen LogP contribution in [0.3, 0.4) is 0 Å². The summed E-state index contributed by atoms with van der Waals surface area (Å²) in [6.07, 6.45) is 12.7. The highest BCUT2D eigenvalue weighted by Gasteiger charge is 2.46. The van der Waals surface area contributed by atoms with Gasteiger partial charge >= 0.3 is 5.97 Å². The van der Waals surface area contributed by atoms with Gasteiger partial charge in [0.25, 0.3) is 0 Å². The summed E-state index contributed by atoms with van der Waals surface area (Å²) in [4.78, 5) is 43.9. The first-order chi connectivity index (χ1) is 17.4. The van der Waals surface area contributed by atoms with Crippen molar-refractivity contribution in [2.45, 2.75) is 90.0 Å². The van der Waals surface area contributed by atoms with Crippen molar-refractivity contribution in [2.75, 3.05) is 6.54 Å². The van der Waals surface area contributed by atoms with E-state index in [1.54, 1.807) is 6.07 Å². The van der Waals surface area contributed by atoms with Crippen LogP contribution in [0.5, 0.6) is 0 Å². The lowest BCUT2D eigenvalue weighted by molar-refractivity contribution is -0.143. The van der Waals surface area contributed by atoms with Crippen molar-refractivity contribution >= 4 is 28.6 Å². The minimum atomic E-state index is -0.993. The van der Waals surface area contributed by atoms with E-state index in [2.05, 4.69) is 11.9 Å². The maximum Gasteiger partial charge on any atom is 0.352 e. The number of nitrogens with zero attached hydrogens (tertiary/aromatic N) is 1. The van der Waals surface area contributed by atoms with Crippen molar-refractivity contribution in [3.8, 4) is 0 Å². The summed E-state index contributed by atoms with van der Waals surface area (Å²) in [5, 5.41) is 10.1. The molecule has 36 heavy (non-hydrogen) atoms. The smallest absolute Gasteiger partial charge is 0.352 e. The summed E-state index contributed by atoms with van der Waals surface area (Å²) in [5.74, 6) is 0.978. The third-order valence-electron chi connectivity index (χ3n) is 9.38. The maximum absolute atomic E-state index is 13.9. The highest BCUT2D eigenvalue weighted by molar-refractivity contribution is 5.95. The first kappa shape index (κ1) is 25.0. The highest BCUT2D eigenvalue weighted by Crippen LogP contribution is 2.41. The molecule has 3 fully saturated rings. The van der Waals surface area contributed by atoms with E-state index < -0.39 is 5.97 Å². The van der Waals surface area contributed by atoms with Crippen molar-refractivity contribution < 1.29 is 19.5 Å². The number of rotatable bonds is 7. The predicted molar refractivity (Wildman–Crippen MR) is 140 cm³/mol. The lowest BCUT2D eigenvalue weighted by Crippen LogP contribution is -2.48. The fraction of sp³-hybridized carbons (Fsp3) is 0.633. The molecule has 2 aromatic rings. The van der Waals surface area contributed by atoms with E-state index >= 15 is 0 Å². The number of amides is 1. The second-order valence-corrected chi connectivity index (χ2v) is 11.5. The number of hydrogen-bond acceptors (Lipinski definition) is 3. The van der Waals surface area contributed by atoms with E-state index in [0.717, 1.165) is 54.5 Å². The molecule has 1 aromatic carbocycles. The van der Waals surface area contributed by atoms with E-state index in [-0.39, 0.29) is 41.7 Å². The van der Waals surface area contributed by atoms with Gasteiger partial charge < -0.3 is 15.0 Å². The van der Waals surface area contributed by atoms with Gasteiger partial charge in [-0.2, -0.15) is 0 Å². The standard InChI is InChI=1S/C30H40N2O4/c1-2-19-8-11-22(12-9-19)29(34)32-15-14-24(21-6-4-3-5-7-21)28(32)27(33)17-20-10-13-25-23(16-20)18-26(31-25)30(35)36/h10,13,16,18-19,21-22,24,28,31H,2-9,11-12,14-15,17H2,1H3,(H,35,36)/t19?,22?,24-,28-/m0/s1. The van der Waals surface area contributed by atoms with Gasteiger partial charge in [-0.25, -0.2) is 4.79 Å². The molecule has 0 spiro atoms. The molecule has 1 amide bonds. The molecule has 3 aliphatic rings. The molecule has 1 saturated heterocycles. The fourth-order valence-corrected chi connectivity index (χ4v) is 7.30. The number of carbonyl (C=O) groups is 3. The molecule has 2 N–H and O–H groups in total. The molecular weight excluding hydrogens is 452 g/mol. The Hall–Kier alpha value is -2.63. The number of fused-ring (bicyclic) bond motifs is 1. The number of carboxylic acids is 1. The Morgan fingerprint density at radius 1 is 0.972 bits per heavy atom. The third-order valence-corrected chi connectivity index (χ3v) is 9.38. The summed E-state index contributed by atoms with van der Waals surface area (Å²) < 4.78 is 0. The topological polar surface area (TPSA) is 90.5 Å². The number of nitrogens with one attached hydrogen (secondary N) is 1. The van der Waals surface area contributed by atoms with Crippen LogP contribution in [-0.4, -0.2) is 45.2 Å². The van der Waals surface area contributed by atoms with Gasteiger partial charge in [0.05, 0.1) is 6.04 Å². The van der Waals surface area contributed by atoms with Crippen LogP contribution in [0, 0.1) is 23.7 Å². The number of aromatic amines is 1. The Labute approximate surface area is 213 Å². The number of aromatic carboxylic acids is 1. The van der Waals surface area contributed by atoms with Crippen molar-refractivity contribution in [3.63, 3.8) is 0 Å². The first-order valence-corrected chi connectivity index (χ1v) is 14.1. The third kappa shape index (κ3) is 5.09. The van der Waals surface area contributed by atoms with Gasteiger partial charge in [-0.1, -0.05) is 51.5 Å². The molecule has 1 aliphatic heterocycles. The van der Waals surface area contributed by atoms with Gasteiger partial charge in [0.2, 0.25) is 5.91 Å². The lowest BCUT2D eigenvalue weighted by Gasteiger charge is -2.36. The Morgan fingerprint density at radius 3 is 2.42 bits per heavy atom. The van der Waals surface area contributed by atoms with Gasteiger partial charge in [-0.3, -0.25) is 9.59 Å². The van der Waals surface area contributed by atoms with Crippen LogP contribution in [0.2, 0.25) is 0 Å². The molecule has 6 heteroatoms. The van der Waals surface area contributed by atoms with Gasteiger partial charge in [0, 0.05) is 29.8 Å². The number of H-pyrrole nitrogens is 1. The number of carbonyl (C=O) groups excluding carboxylic acids is 2. The van der Waals surface area contributed by atoms with Gasteiger partial charge in [-0.05, 0) is 73.6 Å². The average molecular weight is 493 g/mol. The number of likely N-dealkylation sites (tertiary alicyclic amines) is 1. The van der Waals surface area contributed by atoms with E-state index in [0.29, 0.717) is 12.5 Å². The van der Waals surface area contributed by atoms with Crippen LogP contribution in [0.25, 0.3) is 10.9 Å². The Morgan fingerprint density at radius 2 is 1.72 bits per heavy atom. The van der Waals surface area contributed by atoms with E-state index in [4.69, 9.17) is 0 Å². The maximum atomic E-state index is 13.9. The highest BCUT2D eigenvalue weighted by atomic mass is 16.4. The molecular formula is C30H40N2O4. The van der Waals surface area contributed by atoms with Crippen molar-refractivity contribution in [1.29, 1.82) is 0 Å². The zero-order valence-electron chi connectivity index (χ0n) is 21.5. The number of ketones is 1. The normalized spacial score (nSPS) is 27.4. The largest absolute Gasteiger partial charge is 0.477 e. The Kier molecular flexibility index (Phi) is 7.49.